The summed E-state index contributed by atoms with van der Waals surface area (Å²) in [4.78, 5) is 24.1. The molecule has 0 aliphatic rings. The highest BCUT2D eigenvalue weighted by Gasteiger charge is 2.31. The summed E-state index contributed by atoms with van der Waals surface area (Å²) in [5.41, 5.74) is -0.310. The van der Waals surface area contributed by atoms with Gasteiger partial charge in [-0.25, -0.2) is 0 Å². The van der Waals surface area contributed by atoms with Gasteiger partial charge in [-0.3, -0.25) is 9.59 Å². The highest BCUT2D eigenvalue weighted by Crippen LogP contribution is 2.31. The first kappa shape index (κ1) is 19.0. The van der Waals surface area contributed by atoms with E-state index in [0.717, 1.165) is 12.1 Å². The molecule has 7 heteroatoms. The number of aliphatic carboxylic acids is 1. The number of halogens is 3. The molecule has 0 fully saturated rings. The van der Waals surface area contributed by atoms with Gasteiger partial charge in [-0.1, -0.05) is 25.1 Å². The molecule has 23 heavy (non-hydrogen) atoms. The average molecular weight is 331 g/mol. The molecule has 1 aromatic carbocycles. The van der Waals surface area contributed by atoms with Crippen molar-refractivity contribution < 1.29 is 27.9 Å². The number of nitrogens with zero attached hydrogens (tertiary/aromatic N) is 1. The molecule has 1 amide bonds. The molecule has 0 aliphatic carbocycles. The fourth-order valence-corrected chi connectivity index (χ4v) is 2.22. The van der Waals surface area contributed by atoms with Crippen molar-refractivity contribution in [2.45, 2.75) is 38.8 Å². The minimum absolute atomic E-state index is 0.0365. The summed E-state index contributed by atoms with van der Waals surface area (Å²) in [7, 11) is 0. The Morgan fingerprint density at radius 3 is 2.48 bits per heavy atom. The standard InChI is InChI=1S/C16H20F3NO3/c1-3-20(8-7-15(22)23)14(21)9-11(2)12-5-4-6-13(10-12)16(17,18)19/h4-6,10-11H,3,7-9H2,1-2H3,(H,22,23). The summed E-state index contributed by atoms with van der Waals surface area (Å²) < 4.78 is 38.2. The number of carboxylic acids is 1. The van der Waals surface area contributed by atoms with E-state index in [1.807, 2.05) is 0 Å². The molecule has 0 saturated heterocycles. The van der Waals surface area contributed by atoms with E-state index in [9.17, 15) is 22.8 Å². The monoisotopic (exact) mass is 331 g/mol. The first-order valence-electron chi connectivity index (χ1n) is 7.31. The summed E-state index contributed by atoms with van der Waals surface area (Å²) >= 11 is 0. The van der Waals surface area contributed by atoms with Crippen LogP contribution in [0.5, 0.6) is 0 Å². The van der Waals surface area contributed by atoms with Crippen LogP contribution in [-0.2, 0) is 15.8 Å². The zero-order valence-corrected chi connectivity index (χ0v) is 13.1. The third kappa shape index (κ3) is 5.92. The first-order chi connectivity index (χ1) is 10.6. The Kier molecular flexibility index (Phi) is 6.60. The van der Waals surface area contributed by atoms with Crippen LogP contribution in [0.4, 0.5) is 13.2 Å². The molecule has 0 aliphatic heterocycles. The maximum Gasteiger partial charge on any atom is 0.416 e. The van der Waals surface area contributed by atoms with E-state index in [-0.39, 0.29) is 31.2 Å². The number of benzene rings is 1. The van der Waals surface area contributed by atoms with E-state index in [1.165, 1.54) is 11.0 Å². The van der Waals surface area contributed by atoms with Crippen molar-refractivity contribution in [1.29, 1.82) is 0 Å². The van der Waals surface area contributed by atoms with Gasteiger partial charge in [-0.2, -0.15) is 13.2 Å². The number of rotatable bonds is 7. The highest BCUT2D eigenvalue weighted by molar-refractivity contribution is 5.77. The Hall–Kier alpha value is -2.05. The smallest absolute Gasteiger partial charge is 0.416 e. The molecule has 0 saturated carbocycles. The van der Waals surface area contributed by atoms with Crippen molar-refractivity contribution in [1.82, 2.24) is 4.90 Å². The lowest BCUT2D eigenvalue weighted by Crippen LogP contribution is -2.33. The second-order valence-electron chi connectivity index (χ2n) is 5.35. The maximum atomic E-state index is 12.7. The summed E-state index contributed by atoms with van der Waals surface area (Å²) in [5.74, 6) is -1.65. The number of carboxylic acid groups (broad SMARTS) is 1. The van der Waals surface area contributed by atoms with E-state index >= 15 is 0 Å². The predicted molar refractivity (Wildman–Crippen MR) is 79.0 cm³/mol. The summed E-state index contributed by atoms with van der Waals surface area (Å²) in [6.45, 7) is 3.87. The quantitative estimate of drug-likeness (QED) is 0.832. The third-order valence-electron chi connectivity index (χ3n) is 3.59. The van der Waals surface area contributed by atoms with Crippen LogP contribution in [0.25, 0.3) is 0 Å². The summed E-state index contributed by atoms with van der Waals surface area (Å²) in [6.07, 6.45) is -4.54. The Morgan fingerprint density at radius 2 is 1.96 bits per heavy atom. The minimum Gasteiger partial charge on any atom is -0.481 e. The molecule has 1 atom stereocenters. The van der Waals surface area contributed by atoms with Gasteiger partial charge >= 0.3 is 12.1 Å². The molecule has 0 aromatic heterocycles. The van der Waals surface area contributed by atoms with Crippen LogP contribution in [0.15, 0.2) is 24.3 Å². The van der Waals surface area contributed by atoms with Crippen LogP contribution in [0.3, 0.4) is 0 Å². The molecule has 0 spiro atoms. The van der Waals surface area contributed by atoms with Crippen molar-refractivity contribution in [3.05, 3.63) is 35.4 Å². The molecule has 128 valence electrons. The van der Waals surface area contributed by atoms with Crippen LogP contribution >= 0.6 is 0 Å². The molecule has 0 heterocycles. The number of alkyl halides is 3. The van der Waals surface area contributed by atoms with Crippen molar-refractivity contribution in [3.8, 4) is 0 Å². The van der Waals surface area contributed by atoms with Gasteiger partial charge in [0, 0.05) is 19.5 Å². The van der Waals surface area contributed by atoms with Gasteiger partial charge in [-0.15, -0.1) is 0 Å². The van der Waals surface area contributed by atoms with Crippen LogP contribution in [0, 0.1) is 0 Å². The molecule has 0 radical (unpaired) electrons. The predicted octanol–water partition coefficient (Wildman–Crippen LogP) is 3.52. The first-order valence-corrected chi connectivity index (χ1v) is 7.31. The minimum atomic E-state index is -4.42. The van der Waals surface area contributed by atoms with Crippen LogP contribution < -0.4 is 0 Å². The van der Waals surface area contributed by atoms with Gasteiger partial charge < -0.3 is 10.0 Å². The van der Waals surface area contributed by atoms with Crippen molar-refractivity contribution >= 4 is 11.9 Å². The Balaban J connectivity index is 2.76. The highest BCUT2D eigenvalue weighted by atomic mass is 19.4. The zero-order chi connectivity index (χ0) is 17.6. The second kappa shape index (κ2) is 7.99. The molecule has 1 unspecified atom stereocenters. The van der Waals surface area contributed by atoms with Crippen molar-refractivity contribution in [2.24, 2.45) is 0 Å². The van der Waals surface area contributed by atoms with E-state index < -0.39 is 17.7 Å². The lowest BCUT2D eigenvalue weighted by atomic mass is 9.95. The fourth-order valence-electron chi connectivity index (χ4n) is 2.22. The largest absolute Gasteiger partial charge is 0.481 e. The van der Waals surface area contributed by atoms with Gasteiger partial charge in [0.2, 0.25) is 5.91 Å². The molecule has 1 N–H and O–H groups in total. The Morgan fingerprint density at radius 1 is 1.30 bits per heavy atom. The molecule has 1 aromatic rings. The van der Waals surface area contributed by atoms with Crippen LogP contribution in [0.1, 0.15) is 43.7 Å². The van der Waals surface area contributed by atoms with E-state index in [2.05, 4.69) is 0 Å². The molecular formula is C16H20F3NO3. The topological polar surface area (TPSA) is 57.6 Å². The number of hydrogen-bond acceptors (Lipinski definition) is 2. The van der Waals surface area contributed by atoms with E-state index in [0.29, 0.717) is 12.1 Å². The summed E-state index contributed by atoms with van der Waals surface area (Å²) in [5, 5.41) is 8.66. The van der Waals surface area contributed by atoms with Gasteiger partial charge in [-0.05, 0) is 24.5 Å². The number of amides is 1. The SMILES string of the molecule is CCN(CCC(=O)O)C(=O)CC(C)c1cccc(C(F)(F)F)c1. The van der Waals surface area contributed by atoms with Gasteiger partial charge in [0.25, 0.3) is 0 Å². The molecule has 1 rings (SSSR count). The zero-order valence-electron chi connectivity index (χ0n) is 13.1. The summed E-state index contributed by atoms with van der Waals surface area (Å²) in [6, 6.07) is 4.91. The van der Waals surface area contributed by atoms with Crippen LogP contribution in [0.2, 0.25) is 0 Å². The fraction of sp³-hybridized carbons (Fsp3) is 0.500. The Labute approximate surface area is 132 Å². The van der Waals surface area contributed by atoms with Gasteiger partial charge in [0.1, 0.15) is 0 Å². The van der Waals surface area contributed by atoms with Crippen molar-refractivity contribution in [2.75, 3.05) is 13.1 Å². The number of carbonyl (C=O) groups is 2. The lowest BCUT2D eigenvalue weighted by molar-refractivity contribution is -0.139. The molecular weight excluding hydrogens is 311 g/mol. The van der Waals surface area contributed by atoms with E-state index in [1.54, 1.807) is 19.9 Å². The van der Waals surface area contributed by atoms with Crippen molar-refractivity contribution in [3.63, 3.8) is 0 Å². The molecule has 0 bridgehead atoms. The van der Waals surface area contributed by atoms with Crippen LogP contribution in [-0.4, -0.2) is 35.0 Å². The maximum absolute atomic E-state index is 12.7. The normalized spacial score (nSPS) is 12.7. The van der Waals surface area contributed by atoms with Gasteiger partial charge in [0.15, 0.2) is 0 Å². The second-order valence-corrected chi connectivity index (χ2v) is 5.35. The average Bonchev–Trinajstić information content (AvgIpc) is 2.46. The Bertz CT molecular complexity index is 558. The molecule has 4 nitrogen and oxygen atoms in total. The number of carbonyl (C=O) groups excluding carboxylic acids is 1. The lowest BCUT2D eigenvalue weighted by Gasteiger charge is -2.22. The van der Waals surface area contributed by atoms with E-state index in [4.69, 9.17) is 5.11 Å². The number of hydrogen-bond donors (Lipinski definition) is 1. The van der Waals surface area contributed by atoms with Gasteiger partial charge in [0.05, 0.1) is 12.0 Å². The third-order valence-corrected chi connectivity index (χ3v) is 3.59.